The molecule has 0 radical (unpaired) electrons. The van der Waals surface area contributed by atoms with Gasteiger partial charge in [-0.3, -0.25) is 4.79 Å². The first-order valence-corrected chi connectivity index (χ1v) is 8.98. The van der Waals surface area contributed by atoms with E-state index in [0.29, 0.717) is 29.0 Å². The maximum Gasteiger partial charge on any atom is 0.347 e. The fraction of sp³-hybridized carbons (Fsp3) is 0.136. The number of aromatic nitrogens is 2. The van der Waals surface area contributed by atoms with E-state index in [1.807, 2.05) is 18.2 Å². The van der Waals surface area contributed by atoms with E-state index in [0.717, 1.165) is 10.9 Å². The number of H-pyrrole nitrogens is 1. The fourth-order valence-corrected chi connectivity index (χ4v) is 3.22. The monoisotopic (exact) mass is 392 g/mol. The highest BCUT2D eigenvalue weighted by molar-refractivity contribution is 5.92. The molecule has 0 aliphatic carbocycles. The van der Waals surface area contributed by atoms with E-state index in [1.54, 1.807) is 37.3 Å². The number of rotatable bonds is 5. The third kappa shape index (κ3) is 3.80. The molecule has 4 rings (SSSR count). The number of aromatic amines is 1. The third-order valence-electron chi connectivity index (χ3n) is 4.53. The van der Waals surface area contributed by atoms with Gasteiger partial charge in [0.1, 0.15) is 29.5 Å². The summed E-state index contributed by atoms with van der Waals surface area (Å²) in [6, 6.07) is 15.7. The minimum atomic E-state index is -0.886. The van der Waals surface area contributed by atoms with E-state index in [2.05, 4.69) is 10.2 Å². The molecule has 0 saturated heterocycles. The number of halogens is 1. The number of benzene rings is 2. The molecule has 2 aromatic carbocycles. The highest BCUT2D eigenvalue weighted by Gasteiger charge is 2.19. The normalized spacial score (nSPS) is 11.0. The zero-order valence-corrected chi connectivity index (χ0v) is 15.6. The molecule has 1 N–H and O–H groups in total. The number of carbonyl (C=O) groups excluding carboxylic acids is 1. The Labute approximate surface area is 164 Å². The third-order valence-corrected chi connectivity index (χ3v) is 4.53. The molecule has 4 aromatic rings. The van der Waals surface area contributed by atoms with Crippen LogP contribution >= 0.6 is 0 Å². The highest BCUT2D eigenvalue weighted by atomic mass is 19.1. The standard InChI is InChI=1S/C22H17FN2O4/c1-13-9-18(20(12-23)28-13)22(27)29-15-6-4-5-14(10-15)11-19-16-7-2-3-8-17(16)21(26)25-24-19/h2-10H,11-12H2,1H3,(H,25,26). The number of hydrogen-bond acceptors (Lipinski definition) is 5. The average Bonchev–Trinajstić information content (AvgIpc) is 3.12. The molecule has 7 heteroatoms. The van der Waals surface area contributed by atoms with Gasteiger partial charge in [0.2, 0.25) is 0 Å². The van der Waals surface area contributed by atoms with Crippen LogP contribution in [0.2, 0.25) is 0 Å². The summed E-state index contributed by atoms with van der Waals surface area (Å²) in [5.74, 6) is 0.0334. The van der Waals surface area contributed by atoms with Crippen LogP contribution in [0.4, 0.5) is 4.39 Å². The Morgan fingerprint density at radius 1 is 1.14 bits per heavy atom. The SMILES string of the molecule is Cc1cc(C(=O)Oc2cccc(Cc3n[nH]c(=O)c4ccccc34)c2)c(CF)o1. The fourth-order valence-electron chi connectivity index (χ4n) is 3.22. The lowest BCUT2D eigenvalue weighted by atomic mass is 10.0. The van der Waals surface area contributed by atoms with Crippen molar-refractivity contribution in [3.63, 3.8) is 0 Å². The van der Waals surface area contributed by atoms with Crippen molar-refractivity contribution in [2.24, 2.45) is 0 Å². The maximum atomic E-state index is 13.0. The maximum absolute atomic E-state index is 13.0. The minimum Gasteiger partial charge on any atom is -0.463 e. The second-order valence-corrected chi connectivity index (χ2v) is 6.59. The Hall–Kier alpha value is -3.74. The Morgan fingerprint density at radius 2 is 1.93 bits per heavy atom. The Balaban J connectivity index is 1.59. The first-order valence-electron chi connectivity index (χ1n) is 8.98. The van der Waals surface area contributed by atoms with Gasteiger partial charge in [0.15, 0.2) is 0 Å². The van der Waals surface area contributed by atoms with Crippen molar-refractivity contribution < 1.29 is 18.3 Å². The number of aryl methyl sites for hydroxylation is 1. The second-order valence-electron chi connectivity index (χ2n) is 6.59. The Bertz CT molecular complexity index is 1260. The van der Waals surface area contributed by atoms with Crippen LogP contribution in [-0.2, 0) is 13.1 Å². The van der Waals surface area contributed by atoms with E-state index < -0.39 is 12.6 Å². The molecule has 29 heavy (non-hydrogen) atoms. The molecular weight excluding hydrogens is 375 g/mol. The van der Waals surface area contributed by atoms with Crippen molar-refractivity contribution in [2.45, 2.75) is 20.0 Å². The van der Waals surface area contributed by atoms with Crippen LogP contribution in [0.1, 0.15) is 33.1 Å². The van der Waals surface area contributed by atoms with Gasteiger partial charge in [-0.1, -0.05) is 30.3 Å². The molecule has 146 valence electrons. The summed E-state index contributed by atoms with van der Waals surface area (Å²) >= 11 is 0. The number of alkyl halides is 1. The largest absolute Gasteiger partial charge is 0.463 e. The molecule has 0 aliphatic heterocycles. The molecule has 0 amide bonds. The van der Waals surface area contributed by atoms with Crippen molar-refractivity contribution in [1.82, 2.24) is 10.2 Å². The van der Waals surface area contributed by atoms with Gasteiger partial charge >= 0.3 is 5.97 Å². The van der Waals surface area contributed by atoms with E-state index in [1.165, 1.54) is 6.07 Å². The first-order chi connectivity index (χ1) is 14.0. The van der Waals surface area contributed by atoms with Crippen LogP contribution in [0.3, 0.4) is 0 Å². The lowest BCUT2D eigenvalue weighted by Gasteiger charge is -2.08. The van der Waals surface area contributed by atoms with Crippen LogP contribution in [0.15, 0.2) is 63.8 Å². The van der Waals surface area contributed by atoms with Gasteiger partial charge in [0.05, 0.1) is 11.1 Å². The molecule has 6 nitrogen and oxygen atoms in total. The first kappa shape index (κ1) is 18.6. The van der Waals surface area contributed by atoms with Crippen LogP contribution in [-0.4, -0.2) is 16.2 Å². The van der Waals surface area contributed by atoms with E-state index in [9.17, 15) is 14.0 Å². The number of nitrogens with one attached hydrogen (secondary N) is 1. The van der Waals surface area contributed by atoms with Gasteiger partial charge in [0.25, 0.3) is 5.56 Å². The molecule has 0 bridgehead atoms. The smallest absolute Gasteiger partial charge is 0.347 e. The lowest BCUT2D eigenvalue weighted by Crippen LogP contribution is -2.11. The number of ether oxygens (including phenoxy) is 1. The van der Waals surface area contributed by atoms with Crippen molar-refractivity contribution in [1.29, 1.82) is 0 Å². The minimum absolute atomic E-state index is 0.0486. The van der Waals surface area contributed by atoms with Crippen molar-refractivity contribution in [2.75, 3.05) is 0 Å². The van der Waals surface area contributed by atoms with E-state index >= 15 is 0 Å². The van der Waals surface area contributed by atoms with Gasteiger partial charge in [0, 0.05) is 11.8 Å². The number of furan rings is 1. The number of carbonyl (C=O) groups is 1. The van der Waals surface area contributed by atoms with Crippen LogP contribution in [0.5, 0.6) is 5.75 Å². The number of esters is 1. The van der Waals surface area contributed by atoms with Crippen LogP contribution < -0.4 is 10.3 Å². The van der Waals surface area contributed by atoms with Crippen molar-refractivity contribution in [3.8, 4) is 5.75 Å². The summed E-state index contributed by atoms with van der Waals surface area (Å²) in [7, 11) is 0. The predicted octanol–water partition coefficient (Wildman–Crippen LogP) is 4.10. The summed E-state index contributed by atoms with van der Waals surface area (Å²) in [6.07, 6.45) is 0.434. The highest BCUT2D eigenvalue weighted by Crippen LogP contribution is 2.22. The van der Waals surface area contributed by atoms with Crippen LogP contribution in [0, 0.1) is 6.92 Å². The van der Waals surface area contributed by atoms with Crippen LogP contribution in [0.25, 0.3) is 10.8 Å². The summed E-state index contributed by atoms with van der Waals surface area (Å²) < 4.78 is 23.6. The van der Waals surface area contributed by atoms with Gasteiger partial charge in [-0.25, -0.2) is 14.3 Å². The molecule has 0 aliphatic rings. The number of hydrogen-bond donors (Lipinski definition) is 1. The zero-order valence-electron chi connectivity index (χ0n) is 15.6. The summed E-state index contributed by atoms with van der Waals surface area (Å²) in [4.78, 5) is 24.3. The molecule has 0 atom stereocenters. The summed E-state index contributed by atoms with van der Waals surface area (Å²) in [5, 5.41) is 8.00. The molecule has 0 fully saturated rings. The van der Waals surface area contributed by atoms with Crippen molar-refractivity contribution >= 4 is 16.7 Å². The summed E-state index contributed by atoms with van der Waals surface area (Å²) in [6.45, 7) is 0.751. The summed E-state index contributed by atoms with van der Waals surface area (Å²) in [5.41, 5.74) is 1.37. The molecular formula is C22H17FN2O4. The Morgan fingerprint density at radius 3 is 2.72 bits per heavy atom. The molecule has 2 heterocycles. The lowest BCUT2D eigenvalue weighted by molar-refractivity contribution is 0.0731. The number of nitrogens with zero attached hydrogens (tertiary/aromatic N) is 1. The zero-order chi connectivity index (χ0) is 20.4. The molecule has 2 aromatic heterocycles. The van der Waals surface area contributed by atoms with Gasteiger partial charge in [-0.2, -0.15) is 5.10 Å². The molecule has 0 unspecified atom stereocenters. The van der Waals surface area contributed by atoms with E-state index in [4.69, 9.17) is 9.15 Å². The quantitative estimate of drug-likeness (QED) is 0.408. The topological polar surface area (TPSA) is 85.2 Å². The van der Waals surface area contributed by atoms with E-state index in [-0.39, 0.29) is 16.9 Å². The van der Waals surface area contributed by atoms with Gasteiger partial charge in [-0.05, 0) is 36.8 Å². The number of fused-ring (bicyclic) bond motifs is 1. The Kier molecular flexibility index (Phi) is 4.95. The predicted molar refractivity (Wildman–Crippen MR) is 105 cm³/mol. The second kappa shape index (κ2) is 7.71. The van der Waals surface area contributed by atoms with Gasteiger partial charge in [-0.15, -0.1) is 0 Å². The van der Waals surface area contributed by atoms with Crippen molar-refractivity contribution in [3.05, 3.63) is 93.3 Å². The molecule has 0 saturated carbocycles. The molecule has 0 spiro atoms. The van der Waals surface area contributed by atoms with Gasteiger partial charge < -0.3 is 9.15 Å². The average molecular weight is 392 g/mol.